The Morgan fingerprint density at radius 2 is 1.91 bits per heavy atom. The zero-order valence-corrected chi connectivity index (χ0v) is 13.7. The maximum Gasteiger partial charge on any atom is 0.207 e. The van der Waals surface area contributed by atoms with Gasteiger partial charge < -0.3 is 9.32 Å². The summed E-state index contributed by atoms with van der Waals surface area (Å²) in [6, 6.07) is 9.62. The highest BCUT2D eigenvalue weighted by molar-refractivity contribution is 8.00. The third-order valence-electron chi connectivity index (χ3n) is 4.18. The van der Waals surface area contributed by atoms with Crippen LogP contribution in [0.25, 0.3) is 11.0 Å². The molecule has 0 bridgehead atoms. The van der Waals surface area contributed by atoms with E-state index in [1.807, 2.05) is 30.3 Å². The Morgan fingerprint density at radius 3 is 2.68 bits per heavy atom. The summed E-state index contributed by atoms with van der Waals surface area (Å²) in [7, 11) is 0. The van der Waals surface area contributed by atoms with E-state index in [9.17, 15) is 4.79 Å². The third kappa shape index (κ3) is 4.14. The normalized spacial score (nSPS) is 16.7. The molecule has 118 valence electrons. The Kier molecular flexibility index (Phi) is 5.57. The summed E-state index contributed by atoms with van der Waals surface area (Å²) < 4.78 is 5.62. The van der Waals surface area contributed by atoms with Crippen LogP contribution in [0.4, 0.5) is 0 Å². The number of para-hydroxylation sites is 1. The van der Waals surface area contributed by atoms with E-state index in [0.717, 1.165) is 23.3 Å². The molecular formula is C18H23NO2S. The molecule has 0 aliphatic carbocycles. The molecule has 2 aromatic rings. The number of thioether (sulfide) groups is 1. The second-order valence-corrected chi connectivity index (χ2v) is 6.99. The lowest BCUT2D eigenvalue weighted by molar-refractivity contribution is 0.0994. The Bertz CT molecular complexity index is 581. The van der Waals surface area contributed by atoms with Gasteiger partial charge in [0, 0.05) is 17.7 Å². The molecule has 0 radical (unpaired) electrons. The number of rotatable bonds is 6. The highest BCUT2D eigenvalue weighted by Crippen LogP contribution is 2.20. The highest BCUT2D eigenvalue weighted by atomic mass is 32.2. The van der Waals surface area contributed by atoms with E-state index in [0.29, 0.717) is 11.5 Å². The molecule has 1 fully saturated rings. The van der Waals surface area contributed by atoms with Crippen molar-refractivity contribution in [2.45, 2.75) is 25.7 Å². The number of carbonyl (C=O) groups is 1. The summed E-state index contributed by atoms with van der Waals surface area (Å²) >= 11 is 1.72. The van der Waals surface area contributed by atoms with Gasteiger partial charge in [0.2, 0.25) is 5.78 Å². The van der Waals surface area contributed by atoms with Gasteiger partial charge in [-0.25, -0.2) is 0 Å². The van der Waals surface area contributed by atoms with E-state index in [2.05, 4.69) is 4.90 Å². The van der Waals surface area contributed by atoms with Gasteiger partial charge in [-0.05, 0) is 38.1 Å². The van der Waals surface area contributed by atoms with E-state index < -0.39 is 0 Å². The van der Waals surface area contributed by atoms with Crippen molar-refractivity contribution in [3.05, 3.63) is 36.1 Å². The van der Waals surface area contributed by atoms with Gasteiger partial charge in [0.05, 0.1) is 5.75 Å². The molecule has 2 heterocycles. The minimum atomic E-state index is 0.0945. The smallest absolute Gasteiger partial charge is 0.207 e. The molecule has 3 rings (SSSR count). The van der Waals surface area contributed by atoms with Gasteiger partial charge in [0.1, 0.15) is 5.58 Å². The minimum Gasteiger partial charge on any atom is -0.453 e. The second kappa shape index (κ2) is 7.84. The molecule has 0 atom stereocenters. The van der Waals surface area contributed by atoms with Crippen LogP contribution in [-0.4, -0.2) is 41.8 Å². The quantitative estimate of drug-likeness (QED) is 0.590. The highest BCUT2D eigenvalue weighted by Gasteiger charge is 2.13. The Hall–Kier alpha value is -1.26. The van der Waals surface area contributed by atoms with Crippen LogP contribution in [0.1, 0.15) is 36.2 Å². The van der Waals surface area contributed by atoms with Crippen molar-refractivity contribution in [3.8, 4) is 0 Å². The number of likely N-dealkylation sites (tertiary alicyclic amines) is 1. The fourth-order valence-corrected chi connectivity index (χ4v) is 3.77. The zero-order chi connectivity index (χ0) is 15.2. The summed E-state index contributed by atoms with van der Waals surface area (Å²) in [5, 5.41) is 1.00. The molecule has 3 nitrogen and oxygen atoms in total. The average molecular weight is 317 g/mol. The summed E-state index contributed by atoms with van der Waals surface area (Å²) in [4.78, 5) is 14.7. The van der Waals surface area contributed by atoms with Crippen LogP contribution in [0.15, 0.2) is 34.7 Å². The van der Waals surface area contributed by atoms with E-state index in [1.54, 1.807) is 11.8 Å². The number of fused-ring (bicyclic) bond motifs is 1. The molecule has 1 aliphatic rings. The standard InChI is InChI=1S/C18H23NO2S/c20-16(18-13-15-7-3-4-8-17(15)21-18)14-22-12-11-19-9-5-1-2-6-10-19/h3-4,7-8,13H,1-2,5-6,9-12,14H2. The number of furan rings is 1. The van der Waals surface area contributed by atoms with E-state index >= 15 is 0 Å². The predicted molar refractivity (Wildman–Crippen MR) is 92.8 cm³/mol. The van der Waals surface area contributed by atoms with Crippen LogP contribution in [0, 0.1) is 0 Å². The number of hydrogen-bond acceptors (Lipinski definition) is 4. The van der Waals surface area contributed by atoms with Gasteiger partial charge >= 0.3 is 0 Å². The summed E-state index contributed by atoms with van der Waals surface area (Å²) in [5.74, 6) is 2.11. The molecular weight excluding hydrogens is 294 g/mol. The van der Waals surface area contributed by atoms with Gasteiger partial charge in [-0.15, -0.1) is 0 Å². The minimum absolute atomic E-state index is 0.0945. The van der Waals surface area contributed by atoms with Crippen LogP contribution < -0.4 is 0 Å². The maximum atomic E-state index is 12.2. The van der Waals surface area contributed by atoms with Crippen molar-refractivity contribution in [2.24, 2.45) is 0 Å². The lowest BCUT2D eigenvalue weighted by atomic mass is 10.2. The van der Waals surface area contributed by atoms with Crippen molar-refractivity contribution < 1.29 is 9.21 Å². The fourth-order valence-electron chi connectivity index (χ4n) is 2.91. The third-order valence-corrected chi connectivity index (χ3v) is 5.12. The van der Waals surface area contributed by atoms with Crippen LogP contribution in [0.5, 0.6) is 0 Å². The van der Waals surface area contributed by atoms with Crippen LogP contribution >= 0.6 is 11.8 Å². The molecule has 1 aromatic carbocycles. The lowest BCUT2D eigenvalue weighted by Crippen LogP contribution is -2.27. The molecule has 0 N–H and O–H groups in total. The van der Waals surface area contributed by atoms with Gasteiger partial charge in [0.15, 0.2) is 5.76 Å². The Morgan fingerprint density at radius 1 is 1.14 bits per heavy atom. The molecule has 1 saturated heterocycles. The first-order chi connectivity index (χ1) is 10.8. The van der Waals surface area contributed by atoms with Gasteiger partial charge in [0.25, 0.3) is 0 Å². The SMILES string of the molecule is O=C(CSCCN1CCCCCC1)c1cc2ccccc2o1. The first-order valence-electron chi connectivity index (χ1n) is 8.15. The molecule has 22 heavy (non-hydrogen) atoms. The van der Waals surface area contributed by atoms with Gasteiger partial charge in [-0.1, -0.05) is 31.0 Å². The maximum absolute atomic E-state index is 12.2. The van der Waals surface area contributed by atoms with E-state index in [-0.39, 0.29) is 5.78 Å². The molecule has 1 aliphatic heterocycles. The van der Waals surface area contributed by atoms with Gasteiger partial charge in [-0.3, -0.25) is 4.79 Å². The molecule has 4 heteroatoms. The van der Waals surface area contributed by atoms with Gasteiger partial charge in [-0.2, -0.15) is 11.8 Å². The summed E-state index contributed by atoms with van der Waals surface area (Å²) in [6.07, 6.45) is 5.38. The first-order valence-corrected chi connectivity index (χ1v) is 9.30. The molecule has 0 unspecified atom stereocenters. The second-order valence-electron chi connectivity index (χ2n) is 5.88. The number of nitrogens with zero attached hydrogens (tertiary/aromatic N) is 1. The lowest BCUT2D eigenvalue weighted by Gasteiger charge is -2.18. The van der Waals surface area contributed by atoms with Crippen LogP contribution in [0.3, 0.4) is 0 Å². The van der Waals surface area contributed by atoms with Crippen molar-refractivity contribution >= 4 is 28.5 Å². The van der Waals surface area contributed by atoms with Crippen molar-refractivity contribution in [1.29, 1.82) is 0 Å². The van der Waals surface area contributed by atoms with E-state index in [4.69, 9.17) is 4.42 Å². The molecule has 1 aromatic heterocycles. The largest absolute Gasteiger partial charge is 0.453 e. The number of benzene rings is 1. The molecule has 0 spiro atoms. The molecule has 0 amide bonds. The number of hydrogen-bond donors (Lipinski definition) is 0. The molecule has 0 saturated carbocycles. The first kappa shape index (κ1) is 15.6. The monoisotopic (exact) mass is 317 g/mol. The Labute approximate surface area is 136 Å². The van der Waals surface area contributed by atoms with Crippen LogP contribution in [-0.2, 0) is 0 Å². The number of Topliss-reactive ketones (excluding diaryl/α,β-unsaturated/α-hetero) is 1. The van der Waals surface area contributed by atoms with Crippen LogP contribution in [0.2, 0.25) is 0 Å². The number of ketones is 1. The van der Waals surface area contributed by atoms with E-state index in [1.165, 1.54) is 38.8 Å². The van der Waals surface area contributed by atoms with Crippen molar-refractivity contribution in [2.75, 3.05) is 31.1 Å². The average Bonchev–Trinajstić information content (AvgIpc) is 2.81. The summed E-state index contributed by atoms with van der Waals surface area (Å²) in [6.45, 7) is 3.54. The topological polar surface area (TPSA) is 33.5 Å². The zero-order valence-electron chi connectivity index (χ0n) is 12.9. The van der Waals surface area contributed by atoms with Crippen molar-refractivity contribution in [1.82, 2.24) is 4.90 Å². The predicted octanol–water partition coefficient (Wildman–Crippen LogP) is 4.22. The van der Waals surface area contributed by atoms with Crippen molar-refractivity contribution in [3.63, 3.8) is 0 Å². The number of carbonyl (C=O) groups excluding carboxylic acids is 1. The fraction of sp³-hybridized carbons (Fsp3) is 0.500. The Balaban J connectivity index is 1.44. The summed E-state index contributed by atoms with van der Waals surface area (Å²) in [5.41, 5.74) is 0.792.